The van der Waals surface area contributed by atoms with Crippen LogP contribution >= 0.6 is 119 Å². The van der Waals surface area contributed by atoms with Gasteiger partial charge in [0.1, 0.15) is 96.0 Å². The molecule has 13 N–H and O–H groups in total. The minimum Gasteiger partial charge on any atom is -0.508 e. The normalized spacial score (nSPS) is 15.2. The second-order valence-corrected chi connectivity index (χ2v) is 28.0. The standard InChI is InChI=1S/C15H14ClN5O.2C9H10BrN5.C6H5ClO.2C5H4BrN5.2C4H7Br/c16-9-3-1-6-11(7-9)22-15-12-13(17)18-8-19-14(12)21(20-15)10-4-2-5-10;2*10-7-6-8(11)12-4-13-9(6)15(14-7)5-2-1-3-5;7-5-2-1-3-6(8)4-5;2*6-3-2-4(7)8-1-9-5(2)11-10-3;2*5-4-2-1-3-4/h1,3,6-8,10H,2,4-5H2,(H2,17,18,19);2*4-5H,1-3H2,(H2,11,12,13);1-4,8H;2*1H,(H3,7,8,9,10,11);2*4H,1-3H2. The number of nitrogen functional groups attached to an aromatic ring is 5. The van der Waals surface area contributed by atoms with Crippen molar-refractivity contribution >= 4 is 203 Å². The van der Waals surface area contributed by atoms with E-state index in [4.69, 9.17) is 61.7 Å². The van der Waals surface area contributed by atoms with Crippen LogP contribution in [0.5, 0.6) is 17.4 Å². The molecule has 0 saturated heterocycles. The van der Waals surface area contributed by atoms with Gasteiger partial charge in [0.25, 0.3) is 5.88 Å². The van der Waals surface area contributed by atoms with Crippen molar-refractivity contribution in [3.05, 3.63) is 109 Å². The Labute approximate surface area is 586 Å². The van der Waals surface area contributed by atoms with Crippen molar-refractivity contribution in [2.75, 3.05) is 28.7 Å². The molecule has 5 aliphatic carbocycles. The van der Waals surface area contributed by atoms with Crippen LogP contribution in [0.2, 0.25) is 10.0 Å². The van der Waals surface area contributed by atoms with E-state index in [2.05, 4.69) is 181 Å². The first-order chi connectivity index (χ1) is 44.4. The van der Waals surface area contributed by atoms with E-state index >= 15 is 0 Å². The van der Waals surface area contributed by atoms with Gasteiger partial charge in [-0.3, -0.25) is 10.2 Å². The Morgan fingerprint density at radius 1 is 0.446 bits per heavy atom. The molecule has 35 heteroatoms. The molecule has 10 heterocycles. The maximum Gasteiger partial charge on any atom is 0.251 e. The van der Waals surface area contributed by atoms with Crippen LogP contribution < -0.4 is 33.4 Å². The number of anilines is 5. The SMILES string of the molecule is BrC1CCC1.BrC1CCC1.Nc1ncnc2c1c(Br)nn2C1CCC1.Nc1ncnc2c1c(Br)nn2C1CCC1.Nc1ncnc2c1c(Oc1cccc(Cl)c1)nn2C1CCC1.Nc1ncnc2n[nH]c(Br)c12.Nc1ncnc2n[nH]c(Br)c12.Oc1cccc(Cl)c1. The predicted octanol–water partition coefficient (Wildman–Crippen LogP) is 14.7. The van der Waals surface area contributed by atoms with Crippen LogP contribution in [0.3, 0.4) is 0 Å². The Balaban J connectivity index is 0.000000120. The van der Waals surface area contributed by atoms with Gasteiger partial charge in [0, 0.05) is 19.7 Å². The lowest BCUT2D eigenvalue weighted by Gasteiger charge is -2.25. The average Bonchev–Trinajstić information content (AvgIpc) is 1.64. The number of hydrogen-bond donors (Lipinski definition) is 8. The fourth-order valence-corrected chi connectivity index (χ4v) is 12.8. The smallest absolute Gasteiger partial charge is 0.251 e. The number of alkyl halides is 2. The summed E-state index contributed by atoms with van der Waals surface area (Å²) in [6.45, 7) is 0. The van der Waals surface area contributed by atoms with E-state index in [0.717, 1.165) is 64.5 Å². The zero-order chi connectivity index (χ0) is 65.0. The minimum atomic E-state index is 0.206. The van der Waals surface area contributed by atoms with Crippen LogP contribution in [0.4, 0.5) is 29.1 Å². The Morgan fingerprint density at radius 3 is 1.13 bits per heavy atom. The molecule has 0 bridgehead atoms. The fourth-order valence-electron chi connectivity index (χ4n) is 9.12. The summed E-state index contributed by atoms with van der Waals surface area (Å²) in [4.78, 5) is 42.0. The number of hydrogen-bond acceptors (Lipinski definition) is 22. The van der Waals surface area contributed by atoms with Gasteiger partial charge < -0.3 is 38.5 Å². The maximum atomic E-state index is 8.73. The highest BCUT2D eigenvalue weighted by atomic mass is 79.9. The summed E-state index contributed by atoms with van der Waals surface area (Å²) >= 11 is 31.7. The zero-order valence-electron chi connectivity index (χ0n) is 48.8. The molecule has 482 valence electrons. The van der Waals surface area contributed by atoms with E-state index in [-0.39, 0.29) is 5.75 Å². The van der Waals surface area contributed by atoms with Crippen molar-refractivity contribution < 1.29 is 9.84 Å². The molecule has 5 saturated carbocycles. The summed E-state index contributed by atoms with van der Waals surface area (Å²) in [7, 11) is 0. The molecule has 0 spiro atoms. The molecule has 5 aliphatic rings. The topological polar surface area (TPSA) is 399 Å². The number of phenols is 1. The summed E-state index contributed by atoms with van der Waals surface area (Å²) in [5.41, 5.74) is 32.2. The molecule has 12 aromatic rings. The van der Waals surface area contributed by atoms with Crippen molar-refractivity contribution in [3.8, 4) is 17.4 Å². The summed E-state index contributed by atoms with van der Waals surface area (Å²) in [6, 6.07) is 14.9. The van der Waals surface area contributed by atoms with Crippen LogP contribution in [-0.2, 0) is 0 Å². The van der Waals surface area contributed by atoms with Crippen LogP contribution in [-0.4, -0.2) is 114 Å². The minimum absolute atomic E-state index is 0.206. The third-order valence-corrected chi connectivity index (χ3v) is 19.8. The summed E-state index contributed by atoms with van der Waals surface area (Å²) in [5.74, 6) is 3.42. The number of aromatic hydroxyl groups is 1. The van der Waals surface area contributed by atoms with Gasteiger partial charge in [-0.15, -0.1) is 5.10 Å². The Morgan fingerprint density at radius 2 is 0.793 bits per heavy atom. The van der Waals surface area contributed by atoms with Crippen molar-refractivity contribution in [1.29, 1.82) is 0 Å². The Bertz CT molecular complexity index is 4230. The number of nitrogens with two attached hydrogens (primary N) is 5. The number of halogens is 8. The van der Waals surface area contributed by atoms with Gasteiger partial charge in [-0.2, -0.15) is 20.4 Å². The molecule has 0 aliphatic heterocycles. The monoisotopic (exact) mass is 1670 g/mol. The van der Waals surface area contributed by atoms with Crippen LogP contribution in [0.25, 0.3) is 55.2 Å². The molecular formula is C57H61Br6Cl2N25O2. The zero-order valence-corrected chi connectivity index (χ0v) is 59.8. The lowest BCUT2D eigenvalue weighted by atomic mass is 9.93. The summed E-state index contributed by atoms with van der Waals surface area (Å²) < 4.78 is 14.6. The molecule has 0 radical (unpaired) electrons. The molecular weight excluding hydrogens is 1620 g/mol. The van der Waals surface area contributed by atoms with Crippen LogP contribution in [0.1, 0.15) is 114 Å². The fraction of sp³-hybridized carbons (Fsp3) is 0.351. The Hall–Kier alpha value is -6.75. The van der Waals surface area contributed by atoms with Gasteiger partial charge in [0.05, 0.1) is 39.7 Å². The molecule has 0 unspecified atom stereocenters. The number of ether oxygens (including phenoxy) is 1. The van der Waals surface area contributed by atoms with Crippen molar-refractivity contribution in [2.24, 2.45) is 0 Å². The molecule has 5 fully saturated rings. The number of rotatable bonds is 5. The molecule has 92 heavy (non-hydrogen) atoms. The Kier molecular flexibility index (Phi) is 23.6. The molecule has 0 atom stereocenters. The third-order valence-electron chi connectivity index (χ3n) is 15.3. The first kappa shape index (κ1) is 68.1. The number of aromatic nitrogens is 20. The van der Waals surface area contributed by atoms with E-state index in [1.54, 1.807) is 30.3 Å². The lowest BCUT2D eigenvalue weighted by molar-refractivity contribution is 0.289. The first-order valence-electron chi connectivity index (χ1n) is 29.0. The van der Waals surface area contributed by atoms with Crippen molar-refractivity contribution in [1.82, 2.24) is 99.6 Å². The second kappa shape index (κ2) is 31.9. The largest absolute Gasteiger partial charge is 0.508 e. The van der Waals surface area contributed by atoms with Crippen LogP contribution in [0, 0.1) is 0 Å². The number of H-pyrrole nitrogens is 2. The second-order valence-electron chi connectivity index (χ2n) is 21.4. The number of fused-ring (bicyclic) bond motifs is 5. The van der Waals surface area contributed by atoms with E-state index in [1.807, 2.05) is 26.2 Å². The van der Waals surface area contributed by atoms with Gasteiger partial charge in [0.2, 0.25) is 0 Å². The molecule has 17 rings (SSSR count). The number of nitrogens with zero attached hydrogens (tertiary/aromatic N) is 18. The number of phenolic OH excluding ortho intramolecular Hbond substituents is 1. The number of nitrogens with one attached hydrogen (secondary N) is 2. The number of aromatic amines is 2. The molecule has 2 aromatic carbocycles. The van der Waals surface area contributed by atoms with Gasteiger partial charge in [-0.1, -0.05) is 80.0 Å². The van der Waals surface area contributed by atoms with E-state index in [1.165, 1.54) is 121 Å². The highest BCUT2D eigenvalue weighted by Gasteiger charge is 2.28. The highest BCUT2D eigenvalue weighted by molar-refractivity contribution is 9.11. The molecule has 0 amide bonds. The first-order valence-corrected chi connectivity index (χ1v) is 34.8. The average molecular weight is 1680 g/mol. The van der Waals surface area contributed by atoms with E-state index in [9.17, 15) is 0 Å². The maximum absolute atomic E-state index is 8.73. The predicted molar refractivity (Wildman–Crippen MR) is 379 cm³/mol. The van der Waals surface area contributed by atoms with Crippen molar-refractivity contribution in [3.63, 3.8) is 0 Å². The van der Waals surface area contributed by atoms with Crippen LogP contribution in [0.15, 0.2) is 98.6 Å². The van der Waals surface area contributed by atoms with Gasteiger partial charge in [-0.05, 0) is 184 Å². The van der Waals surface area contributed by atoms with E-state index in [0.29, 0.717) is 100 Å². The highest BCUT2D eigenvalue weighted by Crippen LogP contribution is 2.40. The number of benzene rings is 2. The van der Waals surface area contributed by atoms with E-state index < -0.39 is 0 Å². The lowest BCUT2D eigenvalue weighted by Crippen LogP contribution is -2.18. The molecule has 10 aromatic heterocycles. The van der Waals surface area contributed by atoms with Gasteiger partial charge in [0.15, 0.2) is 28.2 Å². The van der Waals surface area contributed by atoms with Gasteiger partial charge in [-0.25, -0.2) is 63.9 Å². The quantitative estimate of drug-likeness (QED) is 0.0742. The summed E-state index contributed by atoms with van der Waals surface area (Å²) in [6.07, 6.45) is 26.3. The third kappa shape index (κ3) is 16.8. The van der Waals surface area contributed by atoms with Crippen molar-refractivity contribution in [2.45, 2.75) is 124 Å². The summed E-state index contributed by atoms with van der Waals surface area (Å²) in [5, 5.41) is 40.2. The van der Waals surface area contributed by atoms with Gasteiger partial charge >= 0.3 is 0 Å². The molecule has 27 nitrogen and oxygen atoms in total.